The summed E-state index contributed by atoms with van der Waals surface area (Å²) in [6.45, 7) is 0. The van der Waals surface area contributed by atoms with Gasteiger partial charge in [-0.05, 0) is 29.8 Å². The molecule has 4 heteroatoms. The maximum absolute atomic E-state index is 4.72. The molecule has 1 heterocycles. The van der Waals surface area contributed by atoms with E-state index in [1.54, 1.807) is 11.3 Å². The van der Waals surface area contributed by atoms with Crippen LogP contribution >= 0.6 is 43.2 Å². The Morgan fingerprint density at radius 1 is 0.950 bits per heavy atom. The van der Waals surface area contributed by atoms with E-state index in [2.05, 4.69) is 67.6 Å². The van der Waals surface area contributed by atoms with Gasteiger partial charge in [0.05, 0.1) is 10.7 Å². The van der Waals surface area contributed by atoms with Crippen molar-refractivity contribution in [1.82, 2.24) is 4.98 Å². The molecule has 2 aromatic carbocycles. The fraction of sp³-hybridized carbons (Fsp3) is 0.0625. The van der Waals surface area contributed by atoms with Gasteiger partial charge in [-0.2, -0.15) is 0 Å². The van der Waals surface area contributed by atoms with Crippen LogP contribution < -0.4 is 0 Å². The third kappa shape index (κ3) is 3.37. The second kappa shape index (κ2) is 6.20. The van der Waals surface area contributed by atoms with E-state index < -0.39 is 0 Å². The standard InChI is InChI=1S/C16H11Br2NS/c17-13-6-4-12(5-7-13)15-10-20-16(19-15)9-11-2-1-3-14(18)8-11/h1-8,10H,9H2. The van der Waals surface area contributed by atoms with Crippen LogP contribution in [0.15, 0.2) is 62.9 Å². The highest BCUT2D eigenvalue weighted by Gasteiger charge is 2.05. The molecule has 1 aromatic heterocycles. The molecule has 0 bridgehead atoms. The molecule has 0 atom stereocenters. The van der Waals surface area contributed by atoms with Crippen LogP contribution in [0.3, 0.4) is 0 Å². The molecule has 0 aliphatic heterocycles. The first-order valence-corrected chi connectivity index (χ1v) is 8.62. The summed E-state index contributed by atoms with van der Waals surface area (Å²) >= 11 is 8.67. The molecule has 3 aromatic rings. The van der Waals surface area contributed by atoms with Gasteiger partial charge in [-0.3, -0.25) is 0 Å². The molecule has 20 heavy (non-hydrogen) atoms. The second-order valence-electron chi connectivity index (χ2n) is 4.44. The minimum atomic E-state index is 0.876. The van der Waals surface area contributed by atoms with E-state index in [1.807, 2.05) is 18.2 Å². The molecule has 0 aliphatic carbocycles. The quantitative estimate of drug-likeness (QED) is 0.523. The van der Waals surface area contributed by atoms with Crippen molar-refractivity contribution < 1.29 is 0 Å². The molecule has 100 valence electrons. The molecule has 0 N–H and O–H groups in total. The van der Waals surface area contributed by atoms with Gasteiger partial charge in [0.1, 0.15) is 0 Å². The molecule has 0 saturated heterocycles. The van der Waals surface area contributed by atoms with E-state index in [4.69, 9.17) is 4.98 Å². The van der Waals surface area contributed by atoms with Crippen LogP contribution in [-0.4, -0.2) is 4.98 Å². The van der Waals surface area contributed by atoms with Crippen molar-refractivity contribution in [2.24, 2.45) is 0 Å². The van der Waals surface area contributed by atoms with Crippen LogP contribution in [0.4, 0.5) is 0 Å². The molecular formula is C16H11Br2NS. The van der Waals surface area contributed by atoms with Crippen LogP contribution in [0.5, 0.6) is 0 Å². The fourth-order valence-electron chi connectivity index (χ4n) is 1.97. The van der Waals surface area contributed by atoms with Crippen molar-refractivity contribution in [3.8, 4) is 11.3 Å². The summed E-state index contributed by atoms with van der Waals surface area (Å²) < 4.78 is 2.20. The van der Waals surface area contributed by atoms with Crippen LogP contribution in [0, 0.1) is 0 Å². The summed E-state index contributed by atoms with van der Waals surface area (Å²) in [5, 5.41) is 3.26. The van der Waals surface area contributed by atoms with Crippen LogP contribution in [-0.2, 0) is 6.42 Å². The number of benzene rings is 2. The van der Waals surface area contributed by atoms with Gasteiger partial charge in [0.2, 0.25) is 0 Å². The maximum Gasteiger partial charge on any atom is 0.0976 e. The molecule has 0 fully saturated rings. The van der Waals surface area contributed by atoms with Gasteiger partial charge in [-0.15, -0.1) is 11.3 Å². The van der Waals surface area contributed by atoms with Gasteiger partial charge in [-0.25, -0.2) is 4.98 Å². The molecule has 0 spiro atoms. The average molecular weight is 409 g/mol. The van der Waals surface area contributed by atoms with Crippen molar-refractivity contribution in [2.45, 2.75) is 6.42 Å². The first kappa shape index (κ1) is 14.0. The highest BCUT2D eigenvalue weighted by Crippen LogP contribution is 2.25. The summed E-state index contributed by atoms with van der Waals surface area (Å²) in [6.07, 6.45) is 0.876. The Balaban J connectivity index is 1.82. The smallest absolute Gasteiger partial charge is 0.0976 e. The fourth-order valence-corrected chi connectivity index (χ4v) is 3.52. The lowest BCUT2D eigenvalue weighted by atomic mass is 10.1. The Labute approximate surface area is 139 Å². The first-order chi connectivity index (χ1) is 9.70. The Bertz CT molecular complexity index is 719. The zero-order valence-corrected chi connectivity index (χ0v) is 14.5. The number of hydrogen-bond acceptors (Lipinski definition) is 2. The van der Waals surface area contributed by atoms with Gasteiger partial charge in [0.15, 0.2) is 0 Å². The Hall–Kier alpha value is -0.970. The van der Waals surface area contributed by atoms with E-state index in [-0.39, 0.29) is 0 Å². The highest BCUT2D eigenvalue weighted by molar-refractivity contribution is 9.10. The number of nitrogens with zero attached hydrogens (tertiary/aromatic N) is 1. The van der Waals surface area contributed by atoms with Crippen LogP contribution in [0.25, 0.3) is 11.3 Å². The largest absolute Gasteiger partial charge is 0.241 e. The Morgan fingerprint density at radius 2 is 1.75 bits per heavy atom. The lowest BCUT2D eigenvalue weighted by Crippen LogP contribution is -1.87. The molecule has 1 nitrogen and oxygen atoms in total. The summed E-state index contributed by atoms with van der Waals surface area (Å²) in [5.74, 6) is 0. The van der Waals surface area contributed by atoms with Crippen LogP contribution in [0.1, 0.15) is 10.6 Å². The Morgan fingerprint density at radius 3 is 2.50 bits per heavy atom. The van der Waals surface area contributed by atoms with Gasteiger partial charge in [0, 0.05) is 26.3 Å². The third-order valence-electron chi connectivity index (χ3n) is 2.94. The molecule has 0 amide bonds. The summed E-state index contributed by atoms with van der Waals surface area (Å²) in [7, 11) is 0. The highest BCUT2D eigenvalue weighted by atomic mass is 79.9. The zero-order valence-electron chi connectivity index (χ0n) is 10.5. The number of hydrogen-bond donors (Lipinski definition) is 0. The SMILES string of the molecule is Brc1ccc(-c2csc(Cc3cccc(Br)c3)n2)cc1. The molecular weight excluding hydrogens is 398 g/mol. The second-order valence-corrected chi connectivity index (χ2v) is 7.21. The lowest BCUT2D eigenvalue weighted by molar-refractivity contribution is 1.14. The van der Waals surface area contributed by atoms with E-state index in [0.29, 0.717) is 0 Å². The number of rotatable bonds is 3. The minimum absolute atomic E-state index is 0.876. The predicted molar refractivity (Wildman–Crippen MR) is 92.2 cm³/mol. The Kier molecular flexibility index (Phi) is 4.34. The van der Waals surface area contributed by atoms with Gasteiger partial charge in [-0.1, -0.05) is 56.1 Å². The number of halogens is 2. The van der Waals surface area contributed by atoms with Crippen molar-refractivity contribution in [2.75, 3.05) is 0 Å². The minimum Gasteiger partial charge on any atom is -0.241 e. The van der Waals surface area contributed by atoms with Gasteiger partial charge < -0.3 is 0 Å². The van der Waals surface area contributed by atoms with Crippen molar-refractivity contribution in [1.29, 1.82) is 0 Å². The van der Waals surface area contributed by atoms with E-state index >= 15 is 0 Å². The number of aromatic nitrogens is 1. The van der Waals surface area contributed by atoms with Gasteiger partial charge >= 0.3 is 0 Å². The topological polar surface area (TPSA) is 12.9 Å². The molecule has 0 aliphatic rings. The van der Waals surface area contributed by atoms with Crippen LogP contribution in [0.2, 0.25) is 0 Å². The molecule has 0 saturated carbocycles. The normalized spacial score (nSPS) is 10.7. The predicted octanol–water partition coefficient (Wildman–Crippen LogP) is 5.93. The molecule has 0 radical (unpaired) electrons. The van der Waals surface area contributed by atoms with Crippen molar-refractivity contribution in [3.63, 3.8) is 0 Å². The summed E-state index contributed by atoms with van der Waals surface area (Å²) in [6, 6.07) is 16.6. The summed E-state index contributed by atoms with van der Waals surface area (Å²) in [5.41, 5.74) is 3.48. The zero-order chi connectivity index (χ0) is 13.9. The monoisotopic (exact) mass is 407 g/mol. The molecule has 0 unspecified atom stereocenters. The van der Waals surface area contributed by atoms with E-state index in [0.717, 1.165) is 31.6 Å². The van der Waals surface area contributed by atoms with Gasteiger partial charge in [0.25, 0.3) is 0 Å². The lowest BCUT2D eigenvalue weighted by Gasteiger charge is -1.99. The molecule has 3 rings (SSSR count). The first-order valence-electron chi connectivity index (χ1n) is 6.15. The number of thiazole rings is 1. The van der Waals surface area contributed by atoms with E-state index in [1.165, 1.54) is 5.56 Å². The van der Waals surface area contributed by atoms with Crippen molar-refractivity contribution in [3.05, 3.63) is 73.4 Å². The third-order valence-corrected chi connectivity index (χ3v) is 4.81. The van der Waals surface area contributed by atoms with Crippen molar-refractivity contribution >= 4 is 43.2 Å². The maximum atomic E-state index is 4.72. The summed E-state index contributed by atoms with van der Waals surface area (Å²) in [4.78, 5) is 4.72. The average Bonchev–Trinajstić information content (AvgIpc) is 2.88. The van der Waals surface area contributed by atoms with E-state index in [9.17, 15) is 0 Å².